The molecule has 0 amide bonds. The molecule has 0 aromatic heterocycles. The first-order chi connectivity index (χ1) is 9.13. The maximum atomic E-state index is 9.98. The highest BCUT2D eigenvalue weighted by atomic mass is 16.6. The van der Waals surface area contributed by atoms with Crippen molar-refractivity contribution in [2.45, 2.75) is 44.1 Å². The maximum absolute atomic E-state index is 9.98. The van der Waals surface area contributed by atoms with E-state index in [0.29, 0.717) is 0 Å². The molecule has 1 aliphatic heterocycles. The molecule has 1 saturated heterocycles. The summed E-state index contributed by atoms with van der Waals surface area (Å²) in [7, 11) is 0. The van der Waals surface area contributed by atoms with Crippen LogP contribution in [-0.4, -0.2) is 40.7 Å². The van der Waals surface area contributed by atoms with Crippen LogP contribution >= 0.6 is 0 Å². The molecule has 0 spiro atoms. The number of aliphatic hydroxyl groups excluding tert-OH is 2. The molecule has 1 aliphatic rings. The van der Waals surface area contributed by atoms with E-state index >= 15 is 0 Å². The number of rotatable bonds is 3. The molecule has 5 atom stereocenters. The summed E-state index contributed by atoms with van der Waals surface area (Å²) < 4.78 is 10.8. The van der Waals surface area contributed by atoms with Crippen molar-refractivity contribution in [1.29, 1.82) is 5.26 Å². The Morgan fingerprint density at radius 2 is 1.95 bits per heavy atom. The van der Waals surface area contributed by atoms with Gasteiger partial charge in [-0.2, -0.15) is 5.26 Å². The van der Waals surface area contributed by atoms with Crippen molar-refractivity contribution in [3.8, 4) is 6.07 Å². The normalized spacial score (nSPS) is 34.7. The molecular formula is C14H17NO4. The largest absolute Gasteiger partial charge is 0.388 e. The Hall–Kier alpha value is -1.45. The molecule has 19 heavy (non-hydrogen) atoms. The van der Waals surface area contributed by atoms with Crippen LogP contribution in [0.5, 0.6) is 0 Å². The van der Waals surface area contributed by atoms with Gasteiger partial charge < -0.3 is 19.7 Å². The minimum absolute atomic E-state index is 0.268. The van der Waals surface area contributed by atoms with Gasteiger partial charge in [0, 0.05) is 0 Å². The molecule has 5 heteroatoms. The van der Waals surface area contributed by atoms with Crippen LogP contribution in [0.4, 0.5) is 0 Å². The van der Waals surface area contributed by atoms with Gasteiger partial charge in [-0.25, -0.2) is 0 Å². The molecule has 2 unspecified atom stereocenters. The van der Waals surface area contributed by atoms with Crippen LogP contribution in [0.3, 0.4) is 0 Å². The molecular weight excluding hydrogens is 246 g/mol. The van der Waals surface area contributed by atoms with E-state index in [4.69, 9.17) is 14.7 Å². The number of benzene rings is 1. The number of ether oxygens (including phenoxy) is 2. The molecule has 0 radical (unpaired) electrons. The highest BCUT2D eigenvalue weighted by Gasteiger charge is 2.43. The predicted molar refractivity (Wildman–Crippen MR) is 67.0 cm³/mol. The van der Waals surface area contributed by atoms with Crippen molar-refractivity contribution >= 4 is 0 Å². The monoisotopic (exact) mass is 263 g/mol. The van der Waals surface area contributed by atoms with Gasteiger partial charge in [-0.3, -0.25) is 0 Å². The van der Waals surface area contributed by atoms with E-state index in [2.05, 4.69) is 0 Å². The van der Waals surface area contributed by atoms with Gasteiger partial charge in [0.25, 0.3) is 0 Å². The fourth-order valence-corrected chi connectivity index (χ4v) is 2.10. The van der Waals surface area contributed by atoms with Crippen LogP contribution in [0.15, 0.2) is 30.3 Å². The summed E-state index contributed by atoms with van der Waals surface area (Å²) in [5.41, 5.74) is 0.939. The van der Waals surface area contributed by atoms with Crippen molar-refractivity contribution in [1.82, 2.24) is 0 Å². The van der Waals surface area contributed by atoms with Gasteiger partial charge in [0.1, 0.15) is 18.3 Å². The quantitative estimate of drug-likeness (QED) is 0.834. The minimum Gasteiger partial charge on any atom is -0.388 e. The minimum atomic E-state index is -1.15. The average Bonchev–Trinajstić information content (AvgIpc) is 2.44. The van der Waals surface area contributed by atoms with E-state index in [1.165, 1.54) is 0 Å². The summed E-state index contributed by atoms with van der Waals surface area (Å²) in [6.07, 6.45) is -4.45. The molecule has 0 aliphatic carbocycles. The molecule has 5 nitrogen and oxygen atoms in total. The van der Waals surface area contributed by atoms with Gasteiger partial charge in [0.05, 0.1) is 18.8 Å². The first kappa shape index (κ1) is 14.0. The topological polar surface area (TPSA) is 82.7 Å². The van der Waals surface area contributed by atoms with Crippen LogP contribution in [0.25, 0.3) is 0 Å². The number of aliphatic hydroxyl groups is 2. The fraction of sp³-hybridized carbons (Fsp3) is 0.500. The summed E-state index contributed by atoms with van der Waals surface area (Å²) in [6, 6.07) is 11.3. The van der Waals surface area contributed by atoms with Gasteiger partial charge in [-0.15, -0.1) is 0 Å². The Kier molecular flexibility index (Phi) is 4.51. The molecule has 1 aromatic carbocycles. The molecule has 1 heterocycles. The Labute approximate surface area is 112 Å². The van der Waals surface area contributed by atoms with Crippen molar-refractivity contribution < 1.29 is 19.7 Å². The van der Waals surface area contributed by atoms with Crippen molar-refractivity contribution in [2.75, 3.05) is 0 Å². The SMILES string of the molecule is C[C@@H]1OC(C#N)[C@@H](O)[C@H](OCc2ccccc2)C1O. The lowest BCUT2D eigenvalue weighted by atomic mass is 9.96. The molecule has 102 valence electrons. The summed E-state index contributed by atoms with van der Waals surface area (Å²) in [4.78, 5) is 0. The summed E-state index contributed by atoms with van der Waals surface area (Å²) >= 11 is 0. The van der Waals surface area contributed by atoms with Crippen LogP contribution in [-0.2, 0) is 16.1 Å². The van der Waals surface area contributed by atoms with Crippen molar-refractivity contribution in [2.24, 2.45) is 0 Å². The zero-order valence-electron chi connectivity index (χ0n) is 10.6. The fourth-order valence-electron chi connectivity index (χ4n) is 2.10. The van der Waals surface area contributed by atoms with E-state index in [0.717, 1.165) is 5.56 Å². The smallest absolute Gasteiger partial charge is 0.172 e. The van der Waals surface area contributed by atoms with Gasteiger partial charge in [-0.1, -0.05) is 30.3 Å². The lowest BCUT2D eigenvalue weighted by molar-refractivity contribution is -0.220. The van der Waals surface area contributed by atoms with Crippen molar-refractivity contribution in [3.63, 3.8) is 0 Å². The van der Waals surface area contributed by atoms with Gasteiger partial charge in [0.15, 0.2) is 6.10 Å². The lowest BCUT2D eigenvalue weighted by Crippen LogP contribution is -2.57. The average molecular weight is 263 g/mol. The van der Waals surface area contributed by atoms with Gasteiger partial charge >= 0.3 is 0 Å². The van der Waals surface area contributed by atoms with E-state index in [-0.39, 0.29) is 6.61 Å². The Balaban J connectivity index is 2.02. The van der Waals surface area contributed by atoms with Gasteiger partial charge in [0.2, 0.25) is 0 Å². The third kappa shape index (κ3) is 3.11. The summed E-state index contributed by atoms with van der Waals surface area (Å²) in [6.45, 7) is 1.92. The Morgan fingerprint density at radius 3 is 2.58 bits per heavy atom. The summed E-state index contributed by atoms with van der Waals surface area (Å²) in [5, 5.41) is 28.8. The number of hydrogen-bond acceptors (Lipinski definition) is 5. The standard InChI is InChI=1S/C14H17NO4/c1-9-12(16)14(13(17)11(7-15)19-9)18-8-10-5-3-2-4-6-10/h2-6,9,11-14,16-17H,8H2,1H3/t9-,11?,12?,13+,14+/m0/s1. The first-order valence-electron chi connectivity index (χ1n) is 6.20. The molecule has 2 rings (SSSR count). The van der Waals surface area contributed by atoms with Crippen molar-refractivity contribution in [3.05, 3.63) is 35.9 Å². The molecule has 1 fully saturated rings. The van der Waals surface area contributed by atoms with Crippen LogP contribution in [0.1, 0.15) is 12.5 Å². The highest BCUT2D eigenvalue weighted by molar-refractivity contribution is 5.13. The second kappa shape index (κ2) is 6.13. The maximum Gasteiger partial charge on any atom is 0.172 e. The van der Waals surface area contributed by atoms with Crippen LogP contribution in [0, 0.1) is 11.3 Å². The molecule has 1 aromatic rings. The number of hydrogen-bond donors (Lipinski definition) is 2. The van der Waals surface area contributed by atoms with E-state index < -0.39 is 30.5 Å². The highest BCUT2D eigenvalue weighted by Crippen LogP contribution is 2.24. The van der Waals surface area contributed by atoms with E-state index in [1.807, 2.05) is 36.4 Å². The second-order valence-corrected chi connectivity index (χ2v) is 4.63. The molecule has 2 N–H and O–H groups in total. The summed E-state index contributed by atoms with van der Waals surface area (Å²) in [5.74, 6) is 0. The number of nitrogens with zero attached hydrogens (tertiary/aromatic N) is 1. The van der Waals surface area contributed by atoms with E-state index in [1.54, 1.807) is 6.92 Å². The molecule has 0 bridgehead atoms. The first-order valence-corrected chi connectivity index (χ1v) is 6.20. The second-order valence-electron chi connectivity index (χ2n) is 4.63. The third-order valence-electron chi connectivity index (χ3n) is 3.24. The number of nitriles is 1. The Morgan fingerprint density at radius 1 is 1.26 bits per heavy atom. The zero-order valence-corrected chi connectivity index (χ0v) is 10.6. The van der Waals surface area contributed by atoms with Crippen LogP contribution < -0.4 is 0 Å². The Bertz CT molecular complexity index is 445. The van der Waals surface area contributed by atoms with Crippen LogP contribution in [0.2, 0.25) is 0 Å². The predicted octanol–water partition coefficient (Wildman–Crippen LogP) is 0.604. The lowest BCUT2D eigenvalue weighted by Gasteiger charge is -2.39. The third-order valence-corrected chi connectivity index (χ3v) is 3.24. The molecule has 0 saturated carbocycles. The van der Waals surface area contributed by atoms with E-state index in [9.17, 15) is 10.2 Å². The zero-order chi connectivity index (χ0) is 13.8. The van der Waals surface area contributed by atoms with Gasteiger partial charge in [-0.05, 0) is 12.5 Å².